The third-order valence-corrected chi connectivity index (χ3v) is 3.45. The fraction of sp³-hybridized carbons (Fsp3) is 0.333. The van der Waals surface area contributed by atoms with Gasteiger partial charge in [-0.05, 0) is 17.5 Å². The largest absolute Gasteiger partial charge is 0.324 e. The molecule has 0 aromatic heterocycles. The van der Waals surface area contributed by atoms with Crippen LogP contribution in [0.1, 0.15) is 43.5 Å². The summed E-state index contributed by atoms with van der Waals surface area (Å²) in [7, 11) is 0. The maximum absolute atomic E-state index is 6.37. The Bertz CT molecular complexity index is 493. The fourth-order valence-electron chi connectivity index (χ4n) is 2.48. The van der Waals surface area contributed by atoms with Crippen molar-refractivity contribution in [3.8, 4) is 0 Å². The van der Waals surface area contributed by atoms with Crippen molar-refractivity contribution in [3.63, 3.8) is 0 Å². The molecule has 3 N–H and O–H groups in total. The predicted molar refractivity (Wildman–Crippen MR) is 85.4 cm³/mol. The standard InChI is InChI=1S/C18H24N2/c1-14(2)20-18(16-11-7-4-8-12-16)13-17(19)15-9-5-3-6-10-15/h3-12,14,17-18,20H,13,19H2,1-2H3. The zero-order valence-electron chi connectivity index (χ0n) is 12.3. The molecule has 0 heterocycles. The van der Waals surface area contributed by atoms with Crippen molar-refractivity contribution in [3.05, 3.63) is 71.8 Å². The van der Waals surface area contributed by atoms with Crippen LogP contribution in [0.4, 0.5) is 0 Å². The summed E-state index contributed by atoms with van der Waals surface area (Å²) in [6, 6.07) is 21.6. The van der Waals surface area contributed by atoms with Crippen molar-refractivity contribution >= 4 is 0 Å². The van der Waals surface area contributed by atoms with Gasteiger partial charge in [-0.2, -0.15) is 0 Å². The van der Waals surface area contributed by atoms with Crippen LogP contribution in [0, 0.1) is 0 Å². The van der Waals surface area contributed by atoms with E-state index < -0.39 is 0 Å². The molecule has 2 nitrogen and oxygen atoms in total. The van der Waals surface area contributed by atoms with E-state index in [0.717, 1.165) is 6.42 Å². The van der Waals surface area contributed by atoms with Crippen LogP contribution in [-0.2, 0) is 0 Å². The van der Waals surface area contributed by atoms with Gasteiger partial charge in [-0.15, -0.1) is 0 Å². The van der Waals surface area contributed by atoms with Crippen molar-refractivity contribution in [2.75, 3.05) is 0 Å². The summed E-state index contributed by atoms with van der Waals surface area (Å²) in [6.07, 6.45) is 0.895. The molecule has 0 amide bonds. The summed E-state index contributed by atoms with van der Waals surface area (Å²) >= 11 is 0. The third kappa shape index (κ3) is 4.19. The van der Waals surface area contributed by atoms with Crippen LogP contribution < -0.4 is 11.1 Å². The lowest BCUT2D eigenvalue weighted by molar-refractivity contribution is 0.422. The van der Waals surface area contributed by atoms with E-state index in [0.29, 0.717) is 6.04 Å². The van der Waals surface area contributed by atoms with Crippen LogP contribution in [0.3, 0.4) is 0 Å². The molecule has 2 heteroatoms. The minimum absolute atomic E-state index is 0.0488. The number of hydrogen-bond acceptors (Lipinski definition) is 2. The SMILES string of the molecule is CC(C)NC(CC(N)c1ccccc1)c1ccccc1. The maximum atomic E-state index is 6.37. The Morgan fingerprint density at radius 3 is 1.85 bits per heavy atom. The first-order valence-electron chi connectivity index (χ1n) is 7.28. The Morgan fingerprint density at radius 2 is 1.35 bits per heavy atom. The van der Waals surface area contributed by atoms with Crippen LogP contribution in [0.25, 0.3) is 0 Å². The average Bonchev–Trinajstić information content (AvgIpc) is 2.48. The molecule has 20 heavy (non-hydrogen) atoms. The number of benzene rings is 2. The van der Waals surface area contributed by atoms with E-state index in [-0.39, 0.29) is 12.1 Å². The third-order valence-electron chi connectivity index (χ3n) is 3.45. The van der Waals surface area contributed by atoms with Gasteiger partial charge in [-0.1, -0.05) is 74.5 Å². The summed E-state index contributed by atoms with van der Waals surface area (Å²) < 4.78 is 0. The smallest absolute Gasteiger partial charge is 0.0340 e. The molecule has 0 aliphatic rings. The van der Waals surface area contributed by atoms with Crippen LogP contribution in [0.2, 0.25) is 0 Å². The van der Waals surface area contributed by atoms with Gasteiger partial charge in [0.2, 0.25) is 0 Å². The van der Waals surface area contributed by atoms with Gasteiger partial charge in [0.05, 0.1) is 0 Å². The molecule has 2 atom stereocenters. The quantitative estimate of drug-likeness (QED) is 0.836. The Kier molecular flexibility index (Phi) is 5.33. The zero-order valence-corrected chi connectivity index (χ0v) is 12.3. The van der Waals surface area contributed by atoms with Gasteiger partial charge in [-0.3, -0.25) is 0 Å². The van der Waals surface area contributed by atoms with E-state index in [9.17, 15) is 0 Å². The summed E-state index contributed by atoms with van der Waals surface area (Å²) in [4.78, 5) is 0. The van der Waals surface area contributed by atoms with E-state index >= 15 is 0 Å². The first kappa shape index (κ1) is 14.8. The molecular weight excluding hydrogens is 244 g/mol. The topological polar surface area (TPSA) is 38.0 Å². The van der Waals surface area contributed by atoms with Gasteiger partial charge in [0, 0.05) is 18.1 Å². The number of nitrogens with two attached hydrogens (primary N) is 1. The Hall–Kier alpha value is -1.64. The minimum Gasteiger partial charge on any atom is -0.324 e. The van der Waals surface area contributed by atoms with E-state index in [4.69, 9.17) is 5.73 Å². The second kappa shape index (κ2) is 7.22. The molecule has 0 saturated heterocycles. The number of hydrogen-bond donors (Lipinski definition) is 2. The lowest BCUT2D eigenvalue weighted by Crippen LogP contribution is -2.30. The highest BCUT2D eigenvalue weighted by Gasteiger charge is 2.17. The van der Waals surface area contributed by atoms with E-state index in [1.807, 2.05) is 24.3 Å². The van der Waals surface area contributed by atoms with Crippen molar-refractivity contribution in [2.24, 2.45) is 5.73 Å². The molecule has 106 valence electrons. The average molecular weight is 268 g/mol. The molecule has 0 bridgehead atoms. The van der Waals surface area contributed by atoms with Crippen LogP contribution in [0.15, 0.2) is 60.7 Å². The molecule has 0 aliphatic carbocycles. The van der Waals surface area contributed by atoms with Gasteiger partial charge < -0.3 is 11.1 Å². The van der Waals surface area contributed by atoms with Gasteiger partial charge in [0.1, 0.15) is 0 Å². The summed E-state index contributed by atoms with van der Waals surface area (Å²) in [5, 5.41) is 3.62. The first-order valence-corrected chi connectivity index (χ1v) is 7.28. The van der Waals surface area contributed by atoms with Gasteiger partial charge in [0.15, 0.2) is 0 Å². The van der Waals surface area contributed by atoms with Gasteiger partial charge in [0.25, 0.3) is 0 Å². The Balaban J connectivity index is 2.12. The monoisotopic (exact) mass is 268 g/mol. The van der Waals surface area contributed by atoms with Crippen molar-refractivity contribution < 1.29 is 0 Å². The van der Waals surface area contributed by atoms with Crippen LogP contribution >= 0.6 is 0 Å². The second-order valence-corrected chi connectivity index (χ2v) is 5.54. The molecule has 0 spiro atoms. The van der Waals surface area contributed by atoms with Crippen molar-refractivity contribution in [1.29, 1.82) is 0 Å². The fourth-order valence-corrected chi connectivity index (χ4v) is 2.48. The molecule has 0 saturated carbocycles. The highest BCUT2D eigenvalue weighted by Crippen LogP contribution is 2.25. The molecule has 2 unspecified atom stereocenters. The van der Waals surface area contributed by atoms with E-state index in [1.165, 1.54) is 11.1 Å². The summed E-state index contributed by atoms with van der Waals surface area (Å²) in [6.45, 7) is 4.34. The molecular formula is C18H24N2. The molecule has 2 rings (SSSR count). The highest BCUT2D eigenvalue weighted by atomic mass is 14.9. The molecule has 2 aromatic rings. The van der Waals surface area contributed by atoms with Gasteiger partial charge >= 0.3 is 0 Å². The van der Waals surface area contributed by atoms with E-state index in [2.05, 4.69) is 55.6 Å². The summed E-state index contributed by atoms with van der Waals surface area (Å²) in [5.74, 6) is 0. The van der Waals surface area contributed by atoms with Crippen molar-refractivity contribution in [2.45, 2.75) is 38.4 Å². The number of rotatable bonds is 6. The summed E-state index contributed by atoms with van der Waals surface area (Å²) in [5.41, 5.74) is 8.86. The zero-order chi connectivity index (χ0) is 14.4. The Labute approximate surface area is 122 Å². The van der Waals surface area contributed by atoms with Crippen LogP contribution in [0.5, 0.6) is 0 Å². The normalized spacial score (nSPS) is 14.2. The van der Waals surface area contributed by atoms with Crippen LogP contribution in [-0.4, -0.2) is 6.04 Å². The second-order valence-electron chi connectivity index (χ2n) is 5.54. The Morgan fingerprint density at radius 1 is 0.850 bits per heavy atom. The highest BCUT2D eigenvalue weighted by molar-refractivity contribution is 5.22. The molecule has 2 aromatic carbocycles. The van der Waals surface area contributed by atoms with Crippen molar-refractivity contribution in [1.82, 2.24) is 5.32 Å². The molecule has 0 fully saturated rings. The maximum Gasteiger partial charge on any atom is 0.0340 e. The molecule has 0 radical (unpaired) electrons. The lowest BCUT2D eigenvalue weighted by atomic mass is 9.95. The minimum atomic E-state index is 0.0488. The predicted octanol–water partition coefficient (Wildman–Crippen LogP) is 3.82. The van der Waals surface area contributed by atoms with Gasteiger partial charge in [-0.25, -0.2) is 0 Å². The lowest BCUT2D eigenvalue weighted by Gasteiger charge is -2.25. The molecule has 0 aliphatic heterocycles. The van der Waals surface area contributed by atoms with E-state index in [1.54, 1.807) is 0 Å². The first-order chi connectivity index (χ1) is 9.66. The number of nitrogens with one attached hydrogen (secondary N) is 1.